The van der Waals surface area contributed by atoms with Crippen LogP contribution >= 0.6 is 12.4 Å². The number of nitrogens with one attached hydrogen (secondary N) is 3. The number of amides is 1. The third-order valence-corrected chi connectivity index (χ3v) is 10.7. The maximum atomic E-state index is 13.3. The average Bonchev–Trinajstić information content (AvgIpc) is 3.28. The van der Waals surface area contributed by atoms with Gasteiger partial charge in [-0.2, -0.15) is 26.3 Å². The van der Waals surface area contributed by atoms with Crippen molar-refractivity contribution in [2.45, 2.75) is 76.5 Å². The van der Waals surface area contributed by atoms with Crippen LogP contribution in [0.25, 0.3) is 44.1 Å². The molecule has 0 radical (unpaired) electrons. The Morgan fingerprint density at radius 2 is 1.34 bits per heavy atom. The monoisotopic (exact) mass is 958 g/mol. The predicted octanol–water partition coefficient (Wildman–Crippen LogP) is 9.51. The summed E-state index contributed by atoms with van der Waals surface area (Å²) in [6, 6.07) is 9.56. The van der Waals surface area contributed by atoms with E-state index < -0.39 is 34.8 Å². The third-order valence-electron chi connectivity index (χ3n) is 10.7. The van der Waals surface area contributed by atoms with E-state index in [4.69, 9.17) is 14.2 Å². The van der Waals surface area contributed by atoms with Crippen LogP contribution in [0.5, 0.6) is 11.5 Å². The van der Waals surface area contributed by atoms with Crippen LogP contribution in [0, 0.1) is 0 Å². The number of fused-ring (bicyclic) bond motifs is 2. The third kappa shape index (κ3) is 12.4. The van der Waals surface area contributed by atoms with Crippen molar-refractivity contribution in [1.29, 1.82) is 0 Å². The number of phenols is 1. The zero-order valence-corrected chi connectivity index (χ0v) is 37.7. The highest BCUT2D eigenvalue weighted by molar-refractivity contribution is 6.01. The number of aromatic hydroxyl groups is 1. The van der Waals surface area contributed by atoms with E-state index in [1.54, 1.807) is 41.8 Å². The lowest BCUT2D eigenvalue weighted by atomic mass is 10.0. The minimum absolute atomic E-state index is 0. The molecule has 2 fully saturated rings. The summed E-state index contributed by atoms with van der Waals surface area (Å²) in [6.45, 7) is 8.04. The Morgan fingerprint density at radius 1 is 0.776 bits per heavy atom. The number of carbonyl (C=O) groups is 1. The van der Waals surface area contributed by atoms with E-state index in [9.17, 15) is 36.2 Å². The fraction of sp³-hybridized carbons (Fsp3) is 0.400. The first kappa shape index (κ1) is 50.1. The molecule has 4 aromatic heterocycles. The second kappa shape index (κ2) is 21.1. The van der Waals surface area contributed by atoms with Crippen molar-refractivity contribution in [1.82, 2.24) is 40.6 Å². The summed E-state index contributed by atoms with van der Waals surface area (Å²) in [5.74, 6) is 0.487. The van der Waals surface area contributed by atoms with E-state index in [0.717, 1.165) is 57.0 Å². The van der Waals surface area contributed by atoms with Crippen LogP contribution in [0.2, 0.25) is 0 Å². The zero-order chi connectivity index (χ0) is 47.2. The number of piperidine rings is 2. The Bertz CT molecular complexity index is 2670. The molecular weight excluding hydrogens is 910 g/mol. The molecule has 6 heterocycles. The van der Waals surface area contributed by atoms with Crippen LogP contribution in [0.15, 0.2) is 73.3 Å². The number of halogens is 7. The molecule has 358 valence electrons. The topological polar surface area (TPSA) is 182 Å². The Balaban J connectivity index is 0.000000227. The number of hydrogen-bond acceptors (Lipinski definition) is 14. The Hall–Kier alpha value is -6.32. The molecule has 6 aromatic rings. The van der Waals surface area contributed by atoms with E-state index in [0.29, 0.717) is 69.3 Å². The number of benzene rings is 2. The van der Waals surface area contributed by atoms with Crippen molar-refractivity contribution < 1.29 is 50.5 Å². The molecule has 0 bridgehead atoms. The maximum absolute atomic E-state index is 13.3. The van der Waals surface area contributed by atoms with Crippen molar-refractivity contribution >= 4 is 51.7 Å². The van der Waals surface area contributed by atoms with Gasteiger partial charge in [-0.05, 0) is 102 Å². The number of likely N-dealkylation sites (tertiary alicyclic amines) is 1. The summed E-state index contributed by atoms with van der Waals surface area (Å²) >= 11 is 0. The molecule has 1 amide bonds. The molecule has 4 N–H and O–H groups in total. The number of aromatic nitrogens is 6. The zero-order valence-electron chi connectivity index (χ0n) is 36.8. The second-order valence-electron chi connectivity index (χ2n) is 16.7. The number of alkyl halides is 6. The van der Waals surface area contributed by atoms with Gasteiger partial charge in [-0.25, -0.2) is 4.79 Å². The molecule has 0 aliphatic carbocycles. The van der Waals surface area contributed by atoms with Gasteiger partial charge < -0.3 is 40.2 Å². The predicted molar refractivity (Wildman–Crippen MR) is 241 cm³/mol. The standard InChI is InChI=1S/C26H30F3N5O4.C19H18F3N5O.ClH/c1-25(2,3)38-24(35)34-11-5-6-17(14-34)31-23-20-13-30-10-9-18(20)22(32-33-23)19-8-7-16(26(27,28)29)12-21(19)37-15-36-4;20-19(21,22)11-3-4-14(16(28)8-11)17-13-5-7-24-10-15(13)18(27-26-17)25-12-2-1-6-23-9-12;/h7-10,12-13,17H,5-6,11,14-15H2,1-4H3,(H,31,33);3-5,7-8,10,12,23,28H,1-2,6,9H2,(H,25,27);1H/t17-;12-;/m11./s1. The van der Waals surface area contributed by atoms with Crippen molar-refractivity contribution in [2.75, 3.05) is 50.7 Å². The fourth-order valence-corrected chi connectivity index (χ4v) is 7.60. The van der Waals surface area contributed by atoms with Crippen LogP contribution in [-0.2, 0) is 21.8 Å². The van der Waals surface area contributed by atoms with Gasteiger partial charge in [0.15, 0.2) is 18.4 Å². The Labute approximate surface area is 387 Å². The molecule has 8 rings (SSSR count). The van der Waals surface area contributed by atoms with Gasteiger partial charge in [0.1, 0.15) is 28.5 Å². The molecule has 2 aromatic carbocycles. The summed E-state index contributed by atoms with van der Waals surface area (Å²) < 4.78 is 94.5. The number of nitrogens with zero attached hydrogens (tertiary/aromatic N) is 7. The first-order valence-corrected chi connectivity index (χ1v) is 21.1. The number of rotatable bonds is 9. The first-order chi connectivity index (χ1) is 31.4. The van der Waals surface area contributed by atoms with E-state index in [1.165, 1.54) is 19.2 Å². The number of phenolic OH excluding ortho intramolecular Hbond substituents is 1. The molecule has 2 aliphatic heterocycles. The van der Waals surface area contributed by atoms with Gasteiger partial charge in [0.25, 0.3) is 0 Å². The van der Waals surface area contributed by atoms with Gasteiger partial charge in [-0.3, -0.25) is 9.97 Å². The number of carbonyl (C=O) groups excluding carboxylic acids is 1. The van der Waals surface area contributed by atoms with Gasteiger partial charge in [0.2, 0.25) is 0 Å². The van der Waals surface area contributed by atoms with Crippen molar-refractivity contribution in [2.24, 2.45) is 0 Å². The summed E-state index contributed by atoms with van der Waals surface area (Å²) in [6.07, 6.45) is 0.583. The van der Waals surface area contributed by atoms with Crippen LogP contribution in [0.1, 0.15) is 57.6 Å². The lowest BCUT2D eigenvalue weighted by Gasteiger charge is -2.34. The highest BCUT2D eigenvalue weighted by atomic mass is 35.5. The van der Waals surface area contributed by atoms with Crippen molar-refractivity contribution in [3.8, 4) is 34.0 Å². The van der Waals surface area contributed by atoms with E-state index in [1.807, 2.05) is 20.8 Å². The van der Waals surface area contributed by atoms with E-state index in [2.05, 4.69) is 46.3 Å². The molecule has 22 heteroatoms. The Kier molecular flexibility index (Phi) is 15.8. The summed E-state index contributed by atoms with van der Waals surface area (Å²) in [5.41, 5.74) is -1.21. The molecule has 15 nitrogen and oxygen atoms in total. The largest absolute Gasteiger partial charge is 0.507 e. The molecule has 0 spiro atoms. The molecular formula is C45H49ClF6N10O5. The highest BCUT2D eigenvalue weighted by Gasteiger charge is 2.34. The van der Waals surface area contributed by atoms with E-state index in [-0.39, 0.29) is 48.7 Å². The molecule has 2 atom stereocenters. The van der Waals surface area contributed by atoms with Crippen LogP contribution in [-0.4, -0.2) is 104 Å². The normalized spacial score (nSPS) is 16.7. The summed E-state index contributed by atoms with van der Waals surface area (Å²) in [4.78, 5) is 22.6. The quantitative estimate of drug-likeness (QED) is 0.0794. The molecule has 0 unspecified atom stereocenters. The average molecular weight is 959 g/mol. The van der Waals surface area contributed by atoms with Crippen LogP contribution in [0.4, 0.5) is 42.8 Å². The van der Waals surface area contributed by atoms with Gasteiger partial charge in [-0.15, -0.1) is 32.8 Å². The minimum atomic E-state index is -4.54. The summed E-state index contributed by atoms with van der Waals surface area (Å²) in [7, 11) is 1.38. The van der Waals surface area contributed by atoms with Gasteiger partial charge in [-0.1, -0.05) is 0 Å². The molecule has 2 saturated heterocycles. The number of pyridine rings is 2. The second-order valence-corrected chi connectivity index (χ2v) is 16.7. The lowest BCUT2D eigenvalue weighted by Crippen LogP contribution is -2.47. The van der Waals surface area contributed by atoms with Crippen LogP contribution in [0.3, 0.4) is 0 Å². The smallest absolute Gasteiger partial charge is 0.416 e. The maximum Gasteiger partial charge on any atom is 0.416 e. The first-order valence-electron chi connectivity index (χ1n) is 21.1. The number of ether oxygens (including phenoxy) is 3. The minimum Gasteiger partial charge on any atom is -0.507 e. The number of anilines is 2. The van der Waals surface area contributed by atoms with Crippen molar-refractivity contribution in [3.63, 3.8) is 0 Å². The van der Waals surface area contributed by atoms with Gasteiger partial charge in [0.05, 0.1) is 11.1 Å². The lowest BCUT2D eigenvalue weighted by molar-refractivity contribution is -0.138. The fourth-order valence-electron chi connectivity index (χ4n) is 7.60. The molecule has 0 saturated carbocycles. The Morgan fingerprint density at radius 3 is 1.90 bits per heavy atom. The molecule has 67 heavy (non-hydrogen) atoms. The van der Waals surface area contributed by atoms with Gasteiger partial charge >= 0.3 is 18.4 Å². The number of methoxy groups -OCH3 is 1. The van der Waals surface area contributed by atoms with E-state index >= 15 is 0 Å². The highest BCUT2D eigenvalue weighted by Crippen LogP contribution is 2.41. The SMILES string of the molecule is COCOc1cc(C(F)(F)F)ccc1-c1nnc(N[C@@H]2CCCN(C(=O)OC(C)(C)C)C2)c2cnccc12.Cl.Oc1cc(C(F)(F)F)ccc1-c1nnc(N[C@@H]2CCCNC2)c2cnccc12. The summed E-state index contributed by atoms with van der Waals surface area (Å²) in [5, 5.41) is 40.0. The molecule has 2 aliphatic rings. The van der Waals surface area contributed by atoms with Crippen molar-refractivity contribution in [3.05, 3.63) is 84.4 Å². The van der Waals surface area contributed by atoms with Crippen LogP contribution < -0.4 is 20.7 Å². The van der Waals surface area contributed by atoms with Gasteiger partial charge in [0, 0.05) is 96.3 Å². The number of hydrogen-bond donors (Lipinski definition) is 4.